The van der Waals surface area contributed by atoms with Crippen LogP contribution >= 0.6 is 0 Å². The van der Waals surface area contributed by atoms with Crippen LogP contribution < -0.4 is 14.2 Å². The summed E-state index contributed by atoms with van der Waals surface area (Å²) in [5.41, 5.74) is 3.55. The summed E-state index contributed by atoms with van der Waals surface area (Å²) in [6.07, 6.45) is 3.52. The van der Waals surface area contributed by atoms with Crippen molar-refractivity contribution in [2.24, 2.45) is 0 Å². The lowest BCUT2D eigenvalue weighted by Gasteiger charge is -2.31. The van der Waals surface area contributed by atoms with Crippen molar-refractivity contribution in [3.05, 3.63) is 145 Å². The minimum Gasteiger partial charge on any atom is -0.490 e. The number of fused-ring (bicyclic) bond motifs is 7. The van der Waals surface area contributed by atoms with E-state index in [2.05, 4.69) is 104 Å². The van der Waals surface area contributed by atoms with Gasteiger partial charge in [-0.1, -0.05) is 92.0 Å². The summed E-state index contributed by atoms with van der Waals surface area (Å²) >= 11 is 0. The highest BCUT2D eigenvalue weighted by Gasteiger charge is 2.32. The van der Waals surface area contributed by atoms with Gasteiger partial charge in [0.15, 0.2) is 0 Å². The van der Waals surface area contributed by atoms with Crippen LogP contribution in [0.5, 0.6) is 23.0 Å². The molecule has 7 rings (SSSR count). The van der Waals surface area contributed by atoms with Crippen LogP contribution in [0.3, 0.4) is 0 Å². The summed E-state index contributed by atoms with van der Waals surface area (Å²) in [5.74, 6) is 3.37. The molecule has 40 heavy (non-hydrogen) atoms. The molecule has 0 N–H and O–H groups in total. The Balaban J connectivity index is 1.49. The molecule has 0 radical (unpaired) electrons. The molecule has 3 heteroatoms. The zero-order valence-electron chi connectivity index (χ0n) is 22.1. The predicted molar refractivity (Wildman–Crippen MR) is 164 cm³/mol. The second kappa shape index (κ2) is 9.94. The highest BCUT2D eigenvalue weighted by molar-refractivity contribution is 5.96. The first-order valence-electron chi connectivity index (χ1n) is 13.5. The monoisotopic (exact) mass is 520 g/mol. The third-order valence-electron chi connectivity index (χ3n) is 7.63. The van der Waals surface area contributed by atoms with Crippen molar-refractivity contribution in [2.45, 2.75) is 5.92 Å². The van der Waals surface area contributed by atoms with E-state index in [4.69, 9.17) is 14.2 Å². The molecular formula is C37H28O3. The fourth-order valence-electron chi connectivity index (χ4n) is 5.87. The third kappa shape index (κ3) is 4.07. The average molecular weight is 521 g/mol. The van der Waals surface area contributed by atoms with Crippen LogP contribution in [-0.2, 0) is 0 Å². The normalized spacial score (nSPS) is 12.5. The Morgan fingerprint density at radius 2 is 1.12 bits per heavy atom. The first-order valence-corrected chi connectivity index (χ1v) is 13.5. The number of benzene rings is 6. The summed E-state index contributed by atoms with van der Waals surface area (Å²) in [6, 6.07) is 36.3. The van der Waals surface area contributed by atoms with Gasteiger partial charge in [0.05, 0.1) is 0 Å². The lowest BCUT2D eigenvalue weighted by atomic mass is 9.78. The quantitative estimate of drug-likeness (QED) is 0.196. The van der Waals surface area contributed by atoms with Gasteiger partial charge in [0.25, 0.3) is 0 Å². The third-order valence-corrected chi connectivity index (χ3v) is 7.63. The smallest absolute Gasteiger partial charge is 0.132 e. The molecule has 3 nitrogen and oxygen atoms in total. The Kier molecular flexibility index (Phi) is 5.98. The van der Waals surface area contributed by atoms with Crippen molar-refractivity contribution in [1.82, 2.24) is 0 Å². The van der Waals surface area contributed by atoms with Crippen LogP contribution in [0, 0.1) is 0 Å². The van der Waals surface area contributed by atoms with Crippen molar-refractivity contribution in [3.63, 3.8) is 0 Å². The Morgan fingerprint density at radius 3 is 1.70 bits per heavy atom. The molecule has 0 aromatic heterocycles. The van der Waals surface area contributed by atoms with Crippen molar-refractivity contribution >= 4 is 32.3 Å². The molecule has 0 saturated carbocycles. The molecular weight excluding hydrogens is 492 g/mol. The fourth-order valence-corrected chi connectivity index (χ4v) is 5.87. The number of rotatable bonds is 7. The largest absolute Gasteiger partial charge is 0.490 e. The van der Waals surface area contributed by atoms with E-state index >= 15 is 0 Å². The molecule has 1 aliphatic rings. The van der Waals surface area contributed by atoms with E-state index in [1.54, 1.807) is 12.2 Å². The van der Waals surface area contributed by atoms with Crippen LogP contribution in [0.4, 0.5) is 0 Å². The van der Waals surface area contributed by atoms with Crippen molar-refractivity contribution in [2.75, 3.05) is 13.2 Å². The standard InChI is InChI=1S/C37H28O3/c1-3-19-38-29-13-15-31-26(22-29)11-17-33-36(31)35(28-10-9-24-7-5-6-8-25(24)21-28)37-32-16-14-30(39-20-4-2)23-27(32)12-18-34(37)40-33/h3-18,21-23,35H,1-2,19-20H2. The summed E-state index contributed by atoms with van der Waals surface area (Å²) in [6.45, 7) is 8.49. The first kappa shape index (κ1) is 24.1. The molecule has 0 spiro atoms. The van der Waals surface area contributed by atoms with E-state index < -0.39 is 0 Å². The lowest BCUT2D eigenvalue weighted by molar-refractivity contribution is 0.363. The zero-order valence-corrected chi connectivity index (χ0v) is 22.1. The summed E-state index contributed by atoms with van der Waals surface area (Å²) in [7, 11) is 0. The van der Waals surface area contributed by atoms with Crippen LogP contribution in [0.2, 0.25) is 0 Å². The van der Waals surface area contributed by atoms with Crippen LogP contribution in [0.1, 0.15) is 22.6 Å². The number of hydrogen-bond acceptors (Lipinski definition) is 3. The Labute approximate surface area is 233 Å². The predicted octanol–water partition coefficient (Wildman–Crippen LogP) is 9.56. The van der Waals surface area contributed by atoms with Gasteiger partial charge >= 0.3 is 0 Å². The van der Waals surface area contributed by atoms with Gasteiger partial charge in [-0.2, -0.15) is 0 Å². The van der Waals surface area contributed by atoms with Gasteiger partial charge < -0.3 is 14.2 Å². The Hall–Kier alpha value is -5.02. The van der Waals surface area contributed by atoms with Crippen molar-refractivity contribution in [3.8, 4) is 23.0 Å². The van der Waals surface area contributed by atoms with E-state index in [1.165, 1.54) is 16.3 Å². The zero-order chi connectivity index (χ0) is 27.1. The molecule has 0 atom stereocenters. The van der Waals surface area contributed by atoms with Gasteiger partial charge in [-0.15, -0.1) is 0 Å². The average Bonchev–Trinajstić information content (AvgIpc) is 3.01. The summed E-state index contributed by atoms with van der Waals surface area (Å²) in [5, 5.41) is 6.96. The summed E-state index contributed by atoms with van der Waals surface area (Å²) in [4.78, 5) is 0. The van der Waals surface area contributed by atoms with Crippen molar-refractivity contribution in [1.29, 1.82) is 0 Å². The van der Waals surface area contributed by atoms with E-state index in [0.29, 0.717) is 13.2 Å². The van der Waals surface area contributed by atoms with E-state index in [9.17, 15) is 0 Å². The van der Waals surface area contributed by atoms with Gasteiger partial charge in [0.2, 0.25) is 0 Å². The molecule has 0 unspecified atom stereocenters. The van der Waals surface area contributed by atoms with Gasteiger partial charge in [-0.25, -0.2) is 0 Å². The number of hydrogen-bond donors (Lipinski definition) is 0. The molecule has 194 valence electrons. The van der Waals surface area contributed by atoms with Crippen LogP contribution in [-0.4, -0.2) is 13.2 Å². The molecule has 0 saturated heterocycles. The molecule has 0 fully saturated rings. The van der Waals surface area contributed by atoms with E-state index in [0.717, 1.165) is 55.7 Å². The molecule has 6 aromatic rings. The second-order valence-corrected chi connectivity index (χ2v) is 10.1. The molecule has 0 bridgehead atoms. The van der Waals surface area contributed by atoms with E-state index in [1.807, 2.05) is 12.1 Å². The molecule has 6 aromatic carbocycles. The maximum Gasteiger partial charge on any atom is 0.132 e. The minimum absolute atomic E-state index is 0.0318. The van der Waals surface area contributed by atoms with Crippen LogP contribution in [0.25, 0.3) is 32.3 Å². The Bertz CT molecular complexity index is 1830. The van der Waals surface area contributed by atoms with Crippen molar-refractivity contribution < 1.29 is 14.2 Å². The molecule has 0 aliphatic carbocycles. The molecule has 0 amide bonds. The van der Waals surface area contributed by atoms with Crippen LogP contribution in [0.15, 0.2) is 128 Å². The van der Waals surface area contributed by atoms with Gasteiger partial charge in [0.1, 0.15) is 36.2 Å². The fraction of sp³-hybridized carbons (Fsp3) is 0.0811. The maximum absolute atomic E-state index is 6.63. The first-order chi connectivity index (χ1) is 19.7. The minimum atomic E-state index is -0.0318. The highest BCUT2D eigenvalue weighted by atomic mass is 16.5. The molecule has 1 heterocycles. The van der Waals surface area contributed by atoms with E-state index in [-0.39, 0.29) is 5.92 Å². The van der Waals surface area contributed by atoms with Gasteiger partial charge in [-0.05, 0) is 74.3 Å². The highest BCUT2D eigenvalue weighted by Crippen LogP contribution is 2.52. The topological polar surface area (TPSA) is 27.7 Å². The lowest BCUT2D eigenvalue weighted by Crippen LogP contribution is -2.13. The maximum atomic E-state index is 6.63. The Morgan fingerprint density at radius 1 is 0.575 bits per heavy atom. The van der Waals surface area contributed by atoms with Gasteiger partial charge in [-0.3, -0.25) is 0 Å². The second-order valence-electron chi connectivity index (χ2n) is 10.1. The number of ether oxygens (including phenoxy) is 3. The SMILES string of the molecule is C=CCOc1ccc2c3c(ccc2c1)Oc1ccc2cc(OCC=C)ccc2c1C3c1ccc2ccccc2c1. The molecule has 1 aliphatic heterocycles. The summed E-state index contributed by atoms with van der Waals surface area (Å²) < 4.78 is 18.3. The van der Waals surface area contributed by atoms with Gasteiger partial charge in [0, 0.05) is 17.0 Å².